The molecule has 0 saturated carbocycles. The molecule has 0 N–H and O–H groups in total. The van der Waals surface area contributed by atoms with E-state index in [1.165, 1.54) is 17.2 Å². The van der Waals surface area contributed by atoms with Gasteiger partial charge in [-0.2, -0.15) is 0 Å². The maximum Gasteiger partial charge on any atom is 0.311 e. The first-order valence-electron chi connectivity index (χ1n) is 11.9. The van der Waals surface area contributed by atoms with Crippen LogP contribution in [0.4, 0.5) is 11.4 Å². The van der Waals surface area contributed by atoms with Gasteiger partial charge in [0.25, 0.3) is 0 Å². The summed E-state index contributed by atoms with van der Waals surface area (Å²) in [6, 6.07) is 12.2. The molecule has 2 aliphatic rings. The fourth-order valence-electron chi connectivity index (χ4n) is 5.74. The van der Waals surface area contributed by atoms with E-state index in [1.54, 1.807) is 6.07 Å². The molecule has 4 atom stereocenters. The molecule has 5 rings (SSSR count). The molecule has 0 aliphatic carbocycles. The lowest BCUT2D eigenvalue weighted by Crippen LogP contribution is -2.49. The second kappa shape index (κ2) is 9.26. The number of rotatable bonds is 7. The molecule has 1 aromatic heterocycles. The van der Waals surface area contributed by atoms with Crippen LogP contribution >= 0.6 is 0 Å². The fraction of sp³-hybridized carbons (Fsp3) is 0.480. The minimum Gasteiger partial charge on any atom is -0.464 e. The predicted molar refractivity (Wildman–Crippen MR) is 129 cm³/mol. The minimum atomic E-state index is -0.517. The average Bonchev–Trinajstić information content (AvgIpc) is 3.40. The molecule has 0 amide bonds. The molecule has 2 bridgehead atoms. The summed E-state index contributed by atoms with van der Waals surface area (Å²) in [5, 5.41) is 18.8. The lowest BCUT2D eigenvalue weighted by molar-refractivity contribution is -0.383. The van der Waals surface area contributed by atoms with Gasteiger partial charge in [0.1, 0.15) is 6.61 Å². The van der Waals surface area contributed by atoms with E-state index in [-0.39, 0.29) is 41.7 Å². The van der Waals surface area contributed by atoms with Gasteiger partial charge in [-0.05, 0) is 55.2 Å². The van der Waals surface area contributed by atoms with Crippen molar-refractivity contribution in [2.24, 2.45) is 5.92 Å². The van der Waals surface area contributed by atoms with Crippen molar-refractivity contribution in [3.63, 3.8) is 0 Å². The fourth-order valence-corrected chi connectivity index (χ4v) is 5.74. The first-order chi connectivity index (χ1) is 16.8. The molecule has 2 aromatic carbocycles. The number of likely N-dealkylation sites (N-methyl/N-ethyl adjacent to an activating group) is 1. The minimum absolute atomic E-state index is 0.0957. The van der Waals surface area contributed by atoms with Gasteiger partial charge in [0.15, 0.2) is 5.52 Å². The van der Waals surface area contributed by atoms with E-state index in [0.717, 1.165) is 19.3 Å². The van der Waals surface area contributed by atoms with Gasteiger partial charge in [0.05, 0.1) is 23.1 Å². The molecule has 10 heteroatoms. The van der Waals surface area contributed by atoms with E-state index in [0.29, 0.717) is 23.8 Å². The Kier molecular flexibility index (Phi) is 6.14. The van der Waals surface area contributed by atoms with Crippen LogP contribution in [0.2, 0.25) is 0 Å². The van der Waals surface area contributed by atoms with Gasteiger partial charge < -0.3 is 9.64 Å². The summed E-state index contributed by atoms with van der Waals surface area (Å²) in [5.41, 5.74) is 3.26. The molecule has 10 nitrogen and oxygen atoms in total. The molecular formula is C25H29N5O5. The molecule has 3 aromatic rings. The molecule has 0 radical (unpaired) electrons. The van der Waals surface area contributed by atoms with Crippen LogP contribution in [0.15, 0.2) is 41.0 Å². The number of anilines is 1. The number of aryl methyl sites for hydroxylation is 1. The number of esters is 1. The average molecular weight is 480 g/mol. The van der Waals surface area contributed by atoms with E-state index in [2.05, 4.69) is 53.5 Å². The van der Waals surface area contributed by atoms with Gasteiger partial charge in [-0.3, -0.25) is 19.8 Å². The third kappa shape index (κ3) is 4.22. The molecule has 2 fully saturated rings. The SMILES string of the molecule is Cc1ccc(C2CC3CCC(C2C(=O)OCCN(C)c2ccc([N+](=O)[O-])c4nonc24)N3C)cc1. The van der Waals surface area contributed by atoms with E-state index in [1.807, 2.05) is 11.9 Å². The van der Waals surface area contributed by atoms with Crippen LogP contribution in [-0.2, 0) is 9.53 Å². The van der Waals surface area contributed by atoms with Gasteiger partial charge in [-0.15, -0.1) is 0 Å². The topological polar surface area (TPSA) is 115 Å². The number of ether oxygens (including phenoxy) is 1. The van der Waals surface area contributed by atoms with Crippen molar-refractivity contribution in [1.82, 2.24) is 15.2 Å². The Hall–Kier alpha value is -3.53. The Balaban J connectivity index is 1.29. The summed E-state index contributed by atoms with van der Waals surface area (Å²) in [6.45, 7) is 2.66. The lowest BCUT2D eigenvalue weighted by atomic mass is 9.76. The first kappa shape index (κ1) is 23.2. The van der Waals surface area contributed by atoms with Crippen LogP contribution in [-0.4, -0.2) is 65.4 Å². The number of nitro groups is 1. The van der Waals surface area contributed by atoms with Crippen molar-refractivity contribution < 1.29 is 19.1 Å². The van der Waals surface area contributed by atoms with Crippen molar-refractivity contribution in [3.8, 4) is 0 Å². The second-order valence-corrected chi connectivity index (χ2v) is 9.65. The molecular weight excluding hydrogens is 450 g/mol. The second-order valence-electron chi connectivity index (χ2n) is 9.65. The van der Waals surface area contributed by atoms with Crippen LogP contribution in [0, 0.1) is 23.0 Å². The van der Waals surface area contributed by atoms with Gasteiger partial charge in [0, 0.05) is 31.1 Å². The van der Waals surface area contributed by atoms with E-state index in [9.17, 15) is 14.9 Å². The van der Waals surface area contributed by atoms with Crippen molar-refractivity contribution in [2.45, 2.75) is 44.2 Å². The maximum atomic E-state index is 13.4. The Morgan fingerprint density at radius 1 is 1.20 bits per heavy atom. The number of carbonyl (C=O) groups is 1. The number of nitrogens with zero attached hydrogens (tertiary/aromatic N) is 5. The highest BCUT2D eigenvalue weighted by molar-refractivity contribution is 5.93. The summed E-state index contributed by atoms with van der Waals surface area (Å²) in [5.74, 6) is -0.235. The zero-order valence-electron chi connectivity index (χ0n) is 20.1. The number of nitro benzene ring substituents is 1. The third-order valence-electron chi connectivity index (χ3n) is 7.70. The maximum absolute atomic E-state index is 13.4. The largest absolute Gasteiger partial charge is 0.464 e. The zero-order chi connectivity index (χ0) is 24.7. The van der Waals surface area contributed by atoms with Crippen LogP contribution < -0.4 is 4.90 Å². The Labute approximate surface area is 202 Å². The number of benzene rings is 2. The Morgan fingerprint density at radius 3 is 2.69 bits per heavy atom. The standard InChI is InChI=1S/C25H29N5O5/c1-15-4-6-16(7-5-15)18-14-17-8-9-19(29(17)3)22(18)25(31)34-13-12-28(2)20-10-11-21(30(32)33)24-23(20)26-35-27-24/h4-7,10-11,17-19,22H,8-9,12-14H2,1-3H3. The molecule has 2 saturated heterocycles. The number of piperidine rings is 1. The van der Waals surface area contributed by atoms with E-state index < -0.39 is 4.92 Å². The highest BCUT2D eigenvalue weighted by Gasteiger charge is 2.49. The monoisotopic (exact) mass is 479 g/mol. The number of hydrogen-bond donors (Lipinski definition) is 0. The van der Waals surface area contributed by atoms with Gasteiger partial charge in [-0.25, -0.2) is 4.63 Å². The predicted octanol–water partition coefficient (Wildman–Crippen LogP) is 3.69. The summed E-state index contributed by atoms with van der Waals surface area (Å²) in [4.78, 5) is 28.3. The summed E-state index contributed by atoms with van der Waals surface area (Å²) >= 11 is 0. The highest BCUT2D eigenvalue weighted by Crippen LogP contribution is 2.46. The molecule has 4 unspecified atom stereocenters. The number of aromatic nitrogens is 2. The Morgan fingerprint density at radius 2 is 1.94 bits per heavy atom. The number of carbonyl (C=O) groups excluding carboxylic acids is 1. The van der Waals surface area contributed by atoms with Crippen LogP contribution in [0.5, 0.6) is 0 Å². The highest BCUT2D eigenvalue weighted by atomic mass is 16.6. The van der Waals surface area contributed by atoms with E-state index >= 15 is 0 Å². The molecule has 35 heavy (non-hydrogen) atoms. The smallest absolute Gasteiger partial charge is 0.311 e. The lowest BCUT2D eigenvalue weighted by Gasteiger charge is -2.42. The summed E-state index contributed by atoms with van der Waals surface area (Å²) in [6.07, 6.45) is 3.07. The molecule has 3 heterocycles. The summed E-state index contributed by atoms with van der Waals surface area (Å²) in [7, 11) is 3.93. The number of fused-ring (bicyclic) bond motifs is 3. The van der Waals surface area contributed by atoms with Crippen molar-refractivity contribution >= 4 is 28.4 Å². The molecule has 2 aliphatic heterocycles. The first-order valence-corrected chi connectivity index (χ1v) is 11.9. The number of hydrogen-bond acceptors (Lipinski definition) is 9. The molecule has 0 spiro atoms. The zero-order valence-corrected chi connectivity index (χ0v) is 20.1. The number of non-ortho nitro benzene ring substituents is 1. The third-order valence-corrected chi connectivity index (χ3v) is 7.70. The van der Waals surface area contributed by atoms with Gasteiger partial charge in [-0.1, -0.05) is 29.8 Å². The van der Waals surface area contributed by atoms with Crippen molar-refractivity contribution in [1.29, 1.82) is 0 Å². The van der Waals surface area contributed by atoms with Gasteiger partial charge in [0.2, 0.25) is 5.52 Å². The summed E-state index contributed by atoms with van der Waals surface area (Å²) < 4.78 is 10.6. The van der Waals surface area contributed by atoms with Crippen LogP contribution in [0.25, 0.3) is 11.0 Å². The Bertz CT molecular complexity index is 1240. The van der Waals surface area contributed by atoms with Crippen LogP contribution in [0.1, 0.15) is 36.3 Å². The normalized spacial score (nSPS) is 24.0. The van der Waals surface area contributed by atoms with Gasteiger partial charge >= 0.3 is 11.7 Å². The molecule has 184 valence electrons. The van der Waals surface area contributed by atoms with Crippen molar-refractivity contribution in [2.75, 3.05) is 32.1 Å². The quantitative estimate of drug-likeness (QED) is 0.284. The van der Waals surface area contributed by atoms with Crippen LogP contribution in [0.3, 0.4) is 0 Å². The van der Waals surface area contributed by atoms with E-state index in [4.69, 9.17) is 9.37 Å². The van der Waals surface area contributed by atoms with Crippen molar-refractivity contribution in [3.05, 3.63) is 57.6 Å².